The average Bonchev–Trinajstić information content (AvgIpc) is 3.03. The molecule has 0 bridgehead atoms. The van der Waals surface area contributed by atoms with Gasteiger partial charge in [0.2, 0.25) is 11.8 Å². The summed E-state index contributed by atoms with van der Waals surface area (Å²) in [6.45, 7) is 4.36. The fourth-order valence-corrected chi connectivity index (χ4v) is 2.51. The van der Waals surface area contributed by atoms with Crippen molar-refractivity contribution in [2.45, 2.75) is 39.5 Å². The maximum atomic E-state index is 12.1. The van der Waals surface area contributed by atoms with E-state index in [1.54, 1.807) is 11.8 Å². The van der Waals surface area contributed by atoms with Gasteiger partial charge in [0.1, 0.15) is 0 Å². The van der Waals surface area contributed by atoms with E-state index >= 15 is 0 Å². The van der Waals surface area contributed by atoms with Gasteiger partial charge in [-0.3, -0.25) is 9.59 Å². The number of carboxylic acids is 1. The maximum absolute atomic E-state index is 12.1. The molecule has 1 unspecified atom stereocenters. The molecule has 7 heteroatoms. The van der Waals surface area contributed by atoms with Crippen LogP contribution >= 0.6 is 0 Å². The molecular formula is C13H19N3O4. The summed E-state index contributed by atoms with van der Waals surface area (Å²) < 4.78 is 4.95. The zero-order chi connectivity index (χ0) is 14.8. The summed E-state index contributed by atoms with van der Waals surface area (Å²) in [5, 5.41) is 13.0. The molecule has 2 heterocycles. The third-order valence-corrected chi connectivity index (χ3v) is 3.96. The Hall–Kier alpha value is -1.92. The molecular weight excluding hydrogens is 262 g/mol. The van der Waals surface area contributed by atoms with Crippen molar-refractivity contribution in [2.24, 2.45) is 5.41 Å². The molecule has 1 amide bonds. The van der Waals surface area contributed by atoms with Crippen LogP contribution in [0.25, 0.3) is 0 Å². The normalized spacial score (nSPS) is 22.2. The van der Waals surface area contributed by atoms with Crippen molar-refractivity contribution in [1.29, 1.82) is 0 Å². The van der Waals surface area contributed by atoms with Crippen LogP contribution in [0.5, 0.6) is 0 Å². The average molecular weight is 281 g/mol. The number of hydrogen-bond donors (Lipinski definition) is 1. The van der Waals surface area contributed by atoms with Crippen LogP contribution in [-0.4, -0.2) is 45.1 Å². The molecule has 0 aliphatic carbocycles. The number of likely N-dealkylation sites (tertiary alicyclic amines) is 1. The predicted octanol–water partition coefficient (Wildman–Crippen LogP) is 1.02. The van der Waals surface area contributed by atoms with Crippen molar-refractivity contribution in [2.75, 3.05) is 13.1 Å². The van der Waals surface area contributed by atoms with Crippen molar-refractivity contribution < 1.29 is 19.2 Å². The van der Waals surface area contributed by atoms with Crippen molar-refractivity contribution in [3.63, 3.8) is 0 Å². The van der Waals surface area contributed by atoms with E-state index in [1.807, 2.05) is 6.92 Å². The summed E-state index contributed by atoms with van der Waals surface area (Å²) in [5.74, 6) is 0.111. The Kier molecular flexibility index (Phi) is 4.06. The standard InChI is InChI=1S/C13H19N3O4/c1-3-13(12(18)19)6-7-16(8-13)11(17)5-4-10-14-9(2)15-20-10/h3-8H2,1-2H3,(H,18,19). The van der Waals surface area contributed by atoms with Crippen LogP contribution in [0.1, 0.15) is 37.9 Å². The lowest BCUT2D eigenvalue weighted by Crippen LogP contribution is -2.36. The Morgan fingerprint density at radius 1 is 1.50 bits per heavy atom. The number of rotatable bonds is 5. The molecule has 0 radical (unpaired) electrons. The van der Waals surface area contributed by atoms with Gasteiger partial charge < -0.3 is 14.5 Å². The molecule has 1 aliphatic rings. The Bertz CT molecular complexity index is 513. The lowest BCUT2D eigenvalue weighted by molar-refractivity contribution is -0.148. The predicted molar refractivity (Wildman–Crippen MR) is 68.9 cm³/mol. The topological polar surface area (TPSA) is 96.5 Å². The molecule has 1 fully saturated rings. The highest BCUT2D eigenvalue weighted by Crippen LogP contribution is 2.34. The van der Waals surface area contributed by atoms with Gasteiger partial charge in [0.25, 0.3) is 0 Å². The highest BCUT2D eigenvalue weighted by molar-refractivity contribution is 5.80. The number of carbonyl (C=O) groups excluding carboxylic acids is 1. The number of aryl methyl sites for hydroxylation is 2. The molecule has 2 rings (SSSR count). The monoisotopic (exact) mass is 281 g/mol. The van der Waals surface area contributed by atoms with Gasteiger partial charge in [-0.2, -0.15) is 4.98 Å². The molecule has 1 aliphatic heterocycles. The number of carbonyl (C=O) groups is 2. The molecule has 1 N–H and O–H groups in total. The van der Waals surface area contributed by atoms with Crippen LogP contribution in [-0.2, 0) is 16.0 Å². The zero-order valence-electron chi connectivity index (χ0n) is 11.8. The van der Waals surface area contributed by atoms with Crippen LogP contribution in [0, 0.1) is 12.3 Å². The number of carboxylic acid groups (broad SMARTS) is 1. The second kappa shape index (κ2) is 5.60. The van der Waals surface area contributed by atoms with Crippen LogP contribution in [0.3, 0.4) is 0 Å². The van der Waals surface area contributed by atoms with Gasteiger partial charge in [-0.1, -0.05) is 12.1 Å². The molecule has 1 saturated heterocycles. The quantitative estimate of drug-likeness (QED) is 0.865. The minimum Gasteiger partial charge on any atom is -0.481 e. The molecule has 1 atom stereocenters. The van der Waals surface area contributed by atoms with Crippen LogP contribution in [0.2, 0.25) is 0 Å². The second-order valence-corrected chi connectivity index (χ2v) is 5.24. The summed E-state index contributed by atoms with van der Waals surface area (Å²) >= 11 is 0. The third kappa shape index (κ3) is 2.81. The van der Waals surface area contributed by atoms with Gasteiger partial charge in [0, 0.05) is 25.9 Å². The number of amides is 1. The van der Waals surface area contributed by atoms with Gasteiger partial charge in [-0.05, 0) is 19.8 Å². The van der Waals surface area contributed by atoms with Crippen molar-refractivity contribution in [3.05, 3.63) is 11.7 Å². The lowest BCUT2D eigenvalue weighted by Gasteiger charge is -2.22. The first kappa shape index (κ1) is 14.5. The molecule has 20 heavy (non-hydrogen) atoms. The maximum Gasteiger partial charge on any atom is 0.311 e. The number of hydrogen-bond acceptors (Lipinski definition) is 5. The van der Waals surface area contributed by atoms with Crippen LogP contribution in [0.15, 0.2) is 4.52 Å². The SMILES string of the molecule is CCC1(C(=O)O)CCN(C(=O)CCc2nc(C)no2)C1. The molecule has 0 saturated carbocycles. The Labute approximate surface area is 117 Å². The zero-order valence-corrected chi connectivity index (χ0v) is 11.8. The van der Waals surface area contributed by atoms with Gasteiger partial charge in [-0.15, -0.1) is 0 Å². The number of aromatic nitrogens is 2. The van der Waals surface area contributed by atoms with Gasteiger partial charge in [0.05, 0.1) is 5.41 Å². The first-order chi connectivity index (χ1) is 9.47. The lowest BCUT2D eigenvalue weighted by atomic mass is 9.84. The van der Waals surface area contributed by atoms with E-state index in [2.05, 4.69) is 10.1 Å². The molecule has 0 spiro atoms. The fourth-order valence-electron chi connectivity index (χ4n) is 2.51. The van der Waals surface area contributed by atoms with Gasteiger partial charge in [-0.25, -0.2) is 0 Å². The summed E-state index contributed by atoms with van der Waals surface area (Å²) in [5.41, 5.74) is -0.781. The Morgan fingerprint density at radius 3 is 2.75 bits per heavy atom. The van der Waals surface area contributed by atoms with Crippen LogP contribution in [0.4, 0.5) is 0 Å². The second-order valence-electron chi connectivity index (χ2n) is 5.24. The largest absolute Gasteiger partial charge is 0.481 e. The number of aliphatic carboxylic acids is 1. The molecule has 1 aromatic heterocycles. The highest BCUT2D eigenvalue weighted by atomic mass is 16.5. The van der Waals surface area contributed by atoms with E-state index in [4.69, 9.17) is 4.52 Å². The third-order valence-electron chi connectivity index (χ3n) is 3.96. The Morgan fingerprint density at radius 2 is 2.25 bits per heavy atom. The molecule has 110 valence electrons. The van der Waals surface area contributed by atoms with E-state index in [0.717, 1.165) is 0 Å². The van der Waals surface area contributed by atoms with E-state index in [0.29, 0.717) is 44.1 Å². The van der Waals surface area contributed by atoms with E-state index < -0.39 is 11.4 Å². The fraction of sp³-hybridized carbons (Fsp3) is 0.692. The molecule has 1 aromatic rings. The molecule has 7 nitrogen and oxygen atoms in total. The minimum absolute atomic E-state index is 0.0579. The minimum atomic E-state index is -0.817. The first-order valence-electron chi connectivity index (χ1n) is 6.77. The van der Waals surface area contributed by atoms with Gasteiger partial charge in [0.15, 0.2) is 5.82 Å². The smallest absolute Gasteiger partial charge is 0.311 e. The number of nitrogens with zero attached hydrogens (tertiary/aromatic N) is 3. The molecule has 0 aromatic carbocycles. The van der Waals surface area contributed by atoms with Crippen molar-refractivity contribution in [1.82, 2.24) is 15.0 Å². The van der Waals surface area contributed by atoms with Gasteiger partial charge >= 0.3 is 5.97 Å². The summed E-state index contributed by atoms with van der Waals surface area (Å²) in [7, 11) is 0. The van der Waals surface area contributed by atoms with E-state index in [-0.39, 0.29) is 12.3 Å². The van der Waals surface area contributed by atoms with E-state index in [9.17, 15) is 14.7 Å². The summed E-state index contributed by atoms with van der Waals surface area (Å²) in [4.78, 5) is 29.1. The van der Waals surface area contributed by atoms with Crippen molar-refractivity contribution in [3.8, 4) is 0 Å². The summed E-state index contributed by atoms with van der Waals surface area (Å²) in [6.07, 6.45) is 1.71. The van der Waals surface area contributed by atoms with E-state index in [1.165, 1.54) is 0 Å². The Balaban J connectivity index is 1.90. The summed E-state index contributed by atoms with van der Waals surface area (Å²) in [6, 6.07) is 0. The first-order valence-corrected chi connectivity index (χ1v) is 6.77. The van der Waals surface area contributed by atoms with Crippen molar-refractivity contribution >= 4 is 11.9 Å². The highest BCUT2D eigenvalue weighted by Gasteiger charge is 2.44. The van der Waals surface area contributed by atoms with Crippen LogP contribution < -0.4 is 0 Å².